The largest absolute Gasteiger partial charge is 0.436 e. The fraction of sp³-hybridized carbons (Fsp3) is 0.690. The van der Waals surface area contributed by atoms with E-state index in [1.165, 1.54) is 19.4 Å². The van der Waals surface area contributed by atoms with E-state index in [-0.39, 0.29) is 29.2 Å². The Bertz CT molecular complexity index is 1020. The number of rotatable bonds is 7. The van der Waals surface area contributed by atoms with Crippen molar-refractivity contribution >= 4 is 23.6 Å². The van der Waals surface area contributed by atoms with Crippen LogP contribution in [0.1, 0.15) is 71.8 Å². The molecule has 2 atom stereocenters. The summed E-state index contributed by atoms with van der Waals surface area (Å²) in [4.78, 5) is 43.9. The number of nitrogens with one attached hydrogen (secondary N) is 1. The predicted molar refractivity (Wildman–Crippen MR) is 144 cm³/mol. The van der Waals surface area contributed by atoms with E-state index >= 15 is 0 Å². The zero-order valence-corrected chi connectivity index (χ0v) is 23.3. The van der Waals surface area contributed by atoms with E-state index in [0.29, 0.717) is 45.1 Å². The average molecular weight is 531 g/mol. The molecule has 1 aromatic rings. The molecule has 9 heteroatoms. The molecule has 1 saturated heterocycles. The second-order valence-electron chi connectivity index (χ2n) is 11.9. The summed E-state index contributed by atoms with van der Waals surface area (Å²) in [5.74, 6) is -0.0381. The average Bonchev–Trinajstić information content (AvgIpc) is 3.11. The Balaban J connectivity index is 1.38. The Kier molecular flexibility index (Phi) is 8.83. The normalized spacial score (nSPS) is 21.0. The lowest BCUT2D eigenvalue weighted by molar-refractivity contribution is -0.145. The third kappa shape index (κ3) is 6.77. The first-order chi connectivity index (χ1) is 18.0. The third-order valence-electron chi connectivity index (χ3n) is 8.34. The van der Waals surface area contributed by atoms with Gasteiger partial charge < -0.3 is 24.8 Å². The molecule has 2 heterocycles. The monoisotopic (exact) mass is 530 g/mol. The number of benzene rings is 1. The Morgan fingerprint density at radius 1 is 1.08 bits per heavy atom. The number of alkyl carbamates (subject to hydrolysis) is 1. The van der Waals surface area contributed by atoms with Gasteiger partial charge in [-0.15, -0.1) is 0 Å². The van der Waals surface area contributed by atoms with Crippen molar-refractivity contribution in [1.29, 1.82) is 0 Å². The van der Waals surface area contributed by atoms with Crippen molar-refractivity contribution in [2.75, 3.05) is 37.6 Å². The SMILES string of the molecule is CC(=O)N1CCN(C(=O)C(CC2CCCCC2)OC(=O)N[C@@H](C)CN2c3ccc(F)cc3CC2(C)C)CC1. The van der Waals surface area contributed by atoms with Gasteiger partial charge in [-0.2, -0.15) is 0 Å². The molecular weight excluding hydrogens is 487 g/mol. The van der Waals surface area contributed by atoms with Crippen molar-refractivity contribution < 1.29 is 23.5 Å². The van der Waals surface area contributed by atoms with E-state index in [0.717, 1.165) is 43.4 Å². The maximum Gasteiger partial charge on any atom is 0.408 e. The minimum Gasteiger partial charge on any atom is -0.436 e. The van der Waals surface area contributed by atoms with E-state index in [9.17, 15) is 18.8 Å². The van der Waals surface area contributed by atoms with Gasteiger partial charge in [-0.05, 0) is 63.3 Å². The van der Waals surface area contributed by atoms with E-state index in [1.807, 2.05) is 6.92 Å². The molecule has 0 spiro atoms. The van der Waals surface area contributed by atoms with E-state index in [4.69, 9.17) is 4.74 Å². The first-order valence-electron chi connectivity index (χ1n) is 14.1. The van der Waals surface area contributed by atoms with Gasteiger partial charge in [-0.3, -0.25) is 9.59 Å². The van der Waals surface area contributed by atoms with Crippen LogP contribution in [0.15, 0.2) is 18.2 Å². The maximum absolute atomic E-state index is 13.8. The summed E-state index contributed by atoms with van der Waals surface area (Å²) in [6.45, 7) is 10.1. The van der Waals surface area contributed by atoms with Gasteiger partial charge >= 0.3 is 6.09 Å². The first kappa shape index (κ1) is 28.2. The number of carbonyl (C=O) groups excluding carboxylic acids is 3. The van der Waals surface area contributed by atoms with Crippen molar-refractivity contribution in [3.05, 3.63) is 29.6 Å². The number of nitrogens with zero attached hydrogens (tertiary/aromatic N) is 3. The molecule has 8 nitrogen and oxygen atoms in total. The summed E-state index contributed by atoms with van der Waals surface area (Å²) < 4.78 is 19.6. The van der Waals surface area contributed by atoms with Gasteiger partial charge in [0, 0.05) is 56.9 Å². The van der Waals surface area contributed by atoms with Crippen LogP contribution in [0.25, 0.3) is 0 Å². The number of ether oxygens (including phenoxy) is 1. The molecule has 1 unspecified atom stereocenters. The van der Waals surface area contributed by atoms with Crippen LogP contribution in [0.5, 0.6) is 0 Å². The van der Waals surface area contributed by atoms with Crippen LogP contribution in [-0.2, 0) is 20.7 Å². The Labute approximate surface area is 225 Å². The number of hydrogen-bond acceptors (Lipinski definition) is 5. The molecule has 0 aromatic heterocycles. The van der Waals surface area contributed by atoms with Crippen molar-refractivity contribution in [1.82, 2.24) is 15.1 Å². The molecule has 210 valence electrons. The molecule has 1 saturated carbocycles. The third-order valence-corrected chi connectivity index (χ3v) is 8.34. The highest BCUT2D eigenvalue weighted by molar-refractivity contribution is 5.84. The molecule has 3 aliphatic rings. The number of anilines is 1. The molecule has 1 aliphatic carbocycles. The van der Waals surface area contributed by atoms with Crippen molar-refractivity contribution in [2.24, 2.45) is 5.92 Å². The van der Waals surface area contributed by atoms with Crippen molar-refractivity contribution in [3.63, 3.8) is 0 Å². The Hall–Kier alpha value is -2.84. The summed E-state index contributed by atoms with van der Waals surface area (Å²) in [5, 5.41) is 2.93. The van der Waals surface area contributed by atoms with Gasteiger partial charge in [-0.25, -0.2) is 9.18 Å². The number of fused-ring (bicyclic) bond motifs is 1. The quantitative estimate of drug-likeness (QED) is 0.574. The van der Waals surface area contributed by atoms with Crippen LogP contribution >= 0.6 is 0 Å². The predicted octanol–water partition coefficient (Wildman–Crippen LogP) is 4.11. The Morgan fingerprint density at radius 2 is 1.74 bits per heavy atom. The number of carbonyl (C=O) groups is 3. The van der Waals surface area contributed by atoms with Gasteiger partial charge in [0.15, 0.2) is 6.10 Å². The number of hydrogen-bond donors (Lipinski definition) is 1. The highest BCUT2D eigenvalue weighted by Crippen LogP contribution is 2.39. The van der Waals surface area contributed by atoms with Gasteiger partial charge in [0.25, 0.3) is 5.91 Å². The topological polar surface area (TPSA) is 82.2 Å². The van der Waals surface area contributed by atoms with Crippen molar-refractivity contribution in [3.8, 4) is 0 Å². The van der Waals surface area contributed by atoms with Gasteiger partial charge in [0.1, 0.15) is 5.82 Å². The summed E-state index contributed by atoms with van der Waals surface area (Å²) >= 11 is 0. The molecule has 4 rings (SSSR count). The van der Waals surface area contributed by atoms with E-state index in [1.54, 1.807) is 21.9 Å². The molecule has 38 heavy (non-hydrogen) atoms. The smallest absolute Gasteiger partial charge is 0.408 e. The standard InChI is InChI=1S/C29H43FN4O4/c1-20(19-34-25-11-10-24(30)17-23(25)18-29(34,3)4)31-28(37)38-26(16-22-8-6-5-7-9-22)27(36)33-14-12-32(13-15-33)21(2)35/h10-11,17,20,22,26H,5-9,12-16,18-19H2,1-4H3,(H,31,37)/t20-,26?/m0/s1. The molecule has 0 radical (unpaired) electrons. The molecular formula is C29H43FN4O4. The van der Waals surface area contributed by atoms with Gasteiger partial charge in [-0.1, -0.05) is 32.1 Å². The summed E-state index contributed by atoms with van der Waals surface area (Å²) in [6.07, 6.45) is 5.43. The second kappa shape index (κ2) is 11.9. The highest BCUT2D eigenvalue weighted by Gasteiger charge is 2.37. The van der Waals surface area contributed by atoms with Crippen LogP contribution in [0.3, 0.4) is 0 Å². The van der Waals surface area contributed by atoms with Crippen LogP contribution in [0, 0.1) is 11.7 Å². The number of piperazine rings is 1. The fourth-order valence-corrected chi connectivity index (χ4v) is 6.25. The lowest BCUT2D eigenvalue weighted by Gasteiger charge is -2.37. The lowest BCUT2D eigenvalue weighted by Crippen LogP contribution is -2.54. The minimum atomic E-state index is -0.832. The van der Waals surface area contributed by atoms with Crippen LogP contribution in [0.2, 0.25) is 0 Å². The zero-order chi connectivity index (χ0) is 27.4. The maximum atomic E-state index is 13.8. The lowest BCUT2D eigenvalue weighted by atomic mass is 9.85. The molecule has 1 aromatic carbocycles. The van der Waals surface area contributed by atoms with Crippen molar-refractivity contribution in [2.45, 2.75) is 90.3 Å². The number of amides is 3. The molecule has 3 amide bonds. The van der Waals surface area contributed by atoms with Crippen LogP contribution in [-0.4, -0.2) is 78.1 Å². The summed E-state index contributed by atoms with van der Waals surface area (Å²) in [7, 11) is 0. The first-order valence-corrected chi connectivity index (χ1v) is 14.1. The summed E-state index contributed by atoms with van der Waals surface area (Å²) in [5.41, 5.74) is 1.73. The molecule has 2 fully saturated rings. The van der Waals surface area contributed by atoms with Crippen LogP contribution in [0.4, 0.5) is 14.9 Å². The van der Waals surface area contributed by atoms with Gasteiger partial charge in [0.05, 0.1) is 0 Å². The minimum absolute atomic E-state index is 0.00871. The molecule has 2 aliphatic heterocycles. The summed E-state index contributed by atoms with van der Waals surface area (Å²) in [6, 6.07) is 4.61. The Morgan fingerprint density at radius 3 is 2.39 bits per heavy atom. The fourth-order valence-electron chi connectivity index (χ4n) is 6.25. The second-order valence-corrected chi connectivity index (χ2v) is 11.9. The van der Waals surface area contributed by atoms with Gasteiger partial charge in [0.2, 0.25) is 5.91 Å². The van der Waals surface area contributed by atoms with E-state index in [2.05, 4.69) is 24.1 Å². The zero-order valence-electron chi connectivity index (χ0n) is 23.3. The molecule has 0 bridgehead atoms. The molecule has 1 N–H and O–H groups in total. The van der Waals surface area contributed by atoms with Crippen LogP contribution < -0.4 is 10.2 Å². The highest BCUT2D eigenvalue weighted by atomic mass is 19.1. The number of halogens is 1. The van der Waals surface area contributed by atoms with E-state index < -0.39 is 12.2 Å².